The molecule has 0 radical (unpaired) electrons. The van der Waals surface area contributed by atoms with Crippen LogP contribution in [0.2, 0.25) is 0 Å². The first-order valence-corrected chi connectivity index (χ1v) is 7.63. The molecule has 0 N–H and O–H groups in total. The number of hydrogen-bond acceptors (Lipinski definition) is 5. The summed E-state index contributed by atoms with van der Waals surface area (Å²) in [7, 11) is 0. The molecule has 0 amide bonds. The van der Waals surface area contributed by atoms with Crippen molar-refractivity contribution < 1.29 is 9.53 Å². The SMILES string of the molecule is CCOC(=O)c1cnc(-c2cncc(Br)c2)nc1C1CC1. The van der Waals surface area contributed by atoms with Gasteiger partial charge in [-0.25, -0.2) is 14.8 Å². The molecule has 3 rings (SSSR count). The van der Waals surface area contributed by atoms with Crippen LogP contribution in [0.5, 0.6) is 0 Å². The van der Waals surface area contributed by atoms with Gasteiger partial charge in [-0.2, -0.15) is 0 Å². The summed E-state index contributed by atoms with van der Waals surface area (Å²) in [4.78, 5) is 25.0. The van der Waals surface area contributed by atoms with Crippen molar-refractivity contribution in [1.29, 1.82) is 0 Å². The summed E-state index contributed by atoms with van der Waals surface area (Å²) in [5, 5.41) is 0. The number of rotatable bonds is 4. The summed E-state index contributed by atoms with van der Waals surface area (Å²) in [6.45, 7) is 2.14. The van der Waals surface area contributed by atoms with E-state index in [4.69, 9.17) is 4.74 Å². The molecule has 1 aliphatic carbocycles. The molecular weight excluding hydrogens is 334 g/mol. The normalized spacial score (nSPS) is 14.0. The second kappa shape index (κ2) is 5.89. The van der Waals surface area contributed by atoms with E-state index >= 15 is 0 Å². The Morgan fingerprint density at radius 1 is 1.38 bits per heavy atom. The Bertz CT molecular complexity index is 686. The molecule has 1 saturated carbocycles. The maximum absolute atomic E-state index is 12.0. The first-order valence-electron chi connectivity index (χ1n) is 6.84. The van der Waals surface area contributed by atoms with E-state index in [1.807, 2.05) is 6.07 Å². The van der Waals surface area contributed by atoms with Crippen molar-refractivity contribution in [2.24, 2.45) is 0 Å². The summed E-state index contributed by atoms with van der Waals surface area (Å²) in [6, 6.07) is 1.91. The van der Waals surface area contributed by atoms with Crippen molar-refractivity contribution in [3.63, 3.8) is 0 Å². The molecule has 2 heterocycles. The zero-order valence-corrected chi connectivity index (χ0v) is 13.1. The van der Waals surface area contributed by atoms with Crippen LogP contribution >= 0.6 is 15.9 Å². The number of carbonyl (C=O) groups is 1. The number of hydrogen-bond donors (Lipinski definition) is 0. The Kier molecular flexibility index (Phi) is 3.96. The summed E-state index contributed by atoms with van der Waals surface area (Å²) in [5.41, 5.74) is 2.09. The van der Waals surface area contributed by atoms with Crippen molar-refractivity contribution >= 4 is 21.9 Å². The van der Waals surface area contributed by atoms with Gasteiger partial charge in [-0.15, -0.1) is 0 Å². The van der Waals surface area contributed by atoms with Gasteiger partial charge in [0.2, 0.25) is 0 Å². The van der Waals surface area contributed by atoms with Crippen LogP contribution in [0.15, 0.2) is 29.1 Å². The summed E-state index contributed by atoms with van der Waals surface area (Å²) in [6.07, 6.45) is 7.09. The molecular formula is C15H14BrN3O2. The number of ether oxygens (including phenoxy) is 1. The van der Waals surface area contributed by atoms with Crippen LogP contribution in [0.1, 0.15) is 41.7 Å². The third kappa shape index (κ3) is 3.10. The van der Waals surface area contributed by atoms with Gasteiger partial charge >= 0.3 is 5.97 Å². The molecule has 0 saturated heterocycles. The molecule has 0 atom stereocenters. The van der Waals surface area contributed by atoms with Gasteiger partial charge < -0.3 is 4.74 Å². The molecule has 0 unspecified atom stereocenters. The molecule has 1 fully saturated rings. The van der Waals surface area contributed by atoms with E-state index in [9.17, 15) is 4.79 Å². The first kappa shape index (κ1) is 14.1. The first-order chi connectivity index (χ1) is 10.2. The van der Waals surface area contributed by atoms with Gasteiger partial charge in [0.15, 0.2) is 5.82 Å². The van der Waals surface area contributed by atoms with Crippen molar-refractivity contribution in [2.45, 2.75) is 25.7 Å². The largest absolute Gasteiger partial charge is 0.462 e. The second-order valence-corrected chi connectivity index (χ2v) is 5.79. The number of nitrogens with zero attached hydrogens (tertiary/aromatic N) is 3. The highest BCUT2D eigenvalue weighted by Gasteiger charge is 2.31. The van der Waals surface area contributed by atoms with E-state index in [0.29, 0.717) is 23.9 Å². The van der Waals surface area contributed by atoms with E-state index < -0.39 is 0 Å². The fraction of sp³-hybridized carbons (Fsp3) is 0.333. The van der Waals surface area contributed by atoms with Crippen LogP contribution in [0.4, 0.5) is 0 Å². The minimum Gasteiger partial charge on any atom is -0.462 e. The van der Waals surface area contributed by atoms with Crippen LogP contribution in [-0.4, -0.2) is 27.5 Å². The maximum Gasteiger partial charge on any atom is 0.341 e. The van der Waals surface area contributed by atoms with Gasteiger partial charge in [0.05, 0.1) is 17.9 Å². The molecule has 1 aliphatic rings. The molecule has 2 aromatic heterocycles. The fourth-order valence-corrected chi connectivity index (χ4v) is 2.47. The number of carbonyl (C=O) groups excluding carboxylic acids is 1. The number of esters is 1. The Morgan fingerprint density at radius 2 is 2.19 bits per heavy atom. The molecule has 0 bridgehead atoms. The Balaban J connectivity index is 2.01. The van der Waals surface area contributed by atoms with Gasteiger partial charge in [-0.05, 0) is 41.8 Å². The predicted octanol–water partition coefficient (Wildman–Crippen LogP) is 3.36. The van der Waals surface area contributed by atoms with E-state index in [1.54, 1.807) is 25.5 Å². The third-order valence-corrected chi connectivity index (χ3v) is 3.67. The molecule has 21 heavy (non-hydrogen) atoms. The van der Waals surface area contributed by atoms with Crippen LogP contribution < -0.4 is 0 Å². The molecule has 6 heteroatoms. The highest BCUT2D eigenvalue weighted by atomic mass is 79.9. The quantitative estimate of drug-likeness (QED) is 0.793. The Morgan fingerprint density at radius 3 is 2.86 bits per heavy atom. The van der Waals surface area contributed by atoms with E-state index in [-0.39, 0.29) is 5.97 Å². The average molecular weight is 348 g/mol. The van der Waals surface area contributed by atoms with Crippen molar-refractivity contribution in [2.75, 3.05) is 6.61 Å². The van der Waals surface area contributed by atoms with Crippen LogP contribution in [0.3, 0.4) is 0 Å². The van der Waals surface area contributed by atoms with E-state index in [1.165, 1.54) is 0 Å². The predicted molar refractivity (Wildman–Crippen MR) is 80.9 cm³/mol. The van der Waals surface area contributed by atoms with Gasteiger partial charge in [0, 0.05) is 34.5 Å². The van der Waals surface area contributed by atoms with Crippen LogP contribution in [-0.2, 0) is 4.74 Å². The number of halogens is 1. The average Bonchev–Trinajstić information content (AvgIpc) is 3.31. The van der Waals surface area contributed by atoms with E-state index in [2.05, 4.69) is 30.9 Å². The summed E-state index contributed by atoms with van der Waals surface area (Å²) >= 11 is 3.39. The summed E-state index contributed by atoms with van der Waals surface area (Å²) < 4.78 is 5.94. The minimum atomic E-state index is -0.349. The highest BCUT2D eigenvalue weighted by molar-refractivity contribution is 9.10. The lowest BCUT2D eigenvalue weighted by Gasteiger charge is -2.09. The minimum absolute atomic E-state index is 0.339. The van der Waals surface area contributed by atoms with Gasteiger partial charge in [-0.3, -0.25) is 4.98 Å². The highest BCUT2D eigenvalue weighted by Crippen LogP contribution is 2.41. The topological polar surface area (TPSA) is 65.0 Å². The zero-order valence-electron chi connectivity index (χ0n) is 11.5. The lowest BCUT2D eigenvalue weighted by Crippen LogP contribution is -2.11. The molecule has 0 spiro atoms. The van der Waals surface area contributed by atoms with Gasteiger partial charge in [0.25, 0.3) is 0 Å². The van der Waals surface area contributed by atoms with Gasteiger partial charge in [0.1, 0.15) is 0 Å². The van der Waals surface area contributed by atoms with Crippen molar-refractivity contribution in [3.8, 4) is 11.4 Å². The zero-order chi connectivity index (χ0) is 14.8. The molecule has 108 valence electrons. The Labute approximate surface area is 130 Å². The lowest BCUT2D eigenvalue weighted by molar-refractivity contribution is 0.0524. The smallest absolute Gasteiger partial charge is 0.341 e. The molecule has 0 aromatic carbocycles. The fourth-order valence-electron chi connectivity index (χ4n) is 2.10. The second-order valence-electron chi connectivity index (χ2n) is 4.88. The molecule has 2 aromatic rings. The third-order valence-electron chi connectivity index (χ3n) is 3.24. The van der Waals surface area contributed by atoms with Crippen molar-refractivity contribution in [3.05, 3.63) is 40.4 Å². The molecule has 0 aliphatic heterocycles. The lowest BCUT2D eigenvalue weighted by atomic mass is 10.1. The number of aromatic nitrogens is 3. The van der Waals surface area contributed by atoms with Crippen LogP contribution in [0.25, 0.3) is 11.4 Å². The van der Waals surface area contributed by atoms with Crippen molar-refractivity contribution in [1.82, 2.24) is 15.0 Å². The number of pyridine rings is 1. The summed E-state index contributed by atoms with van der Waals surface area (Å²) in [5.74, 6) is 0.573. The van der Waals surface area contributed by atoms with Gasteiger partial charge in [-0.1, -0.05) is 0 Å². The van der Waals surface area contributed by atoms with Crippen LogP contribution in [0, 0.1) is 0 Å². The standard InChI is InChI=1S/C15H14BrN3O2/c1-2-21-15(20)12-8-18-14(19-13(12)9-3-4-9)10-5-11(16)7-17-6-10/h5-9H,2-4H2,1H3. The monoisotopic (exact) mass is 347 g/mol. The Hall–Kier alpha value is -1.82. The molecule has 5 nitrogen and oxygen atoms in total. The van der Waals surface area contributed by atoms with E-state index in [0.717, 1.165) is 28.6 Å². The maximum atomic E-state index is 12.0.